The predicted octanol–water partition coefficient (Wildman–Crippen LogP) is 9.49. The van der Waals surface area contributed by atoms with Crippen LogP contribution in [0.4, 0.5) is 0 Å². The average Bonchev–Trinajstić information content (AvgIpc) is 2.79. The summed E-state index contributed by atoms with van der Waals surface area (Å²) in [6.45, 7) is 4.64. The summed E-state index contributed by atoms with van der Waals surface area (Å²) in [6.07, 6.45) is 23.5. The fraction of sp³-hybridized carbons (Fsp3) is 0.778. The van der Waals surface area contributed by atoms with Gasteiger partial charge in [0.1, 0.15) is 0 Å². The van der Waals surface area contributed by atoms with Crippen molar-refractivity contribution >= 4 is 25.9 Å². The molecule has 0 aromatic heterocycles. The van der Waals surface area contributed by atoms with E-state index in [9.17, 15) is 0 Å². The summed E-state index contributed by atoms with van der Waals surface area (Å²) in [6, 6.07) is 7.20. The Morgan fingerprint density at radius 1 is 0.690 bits per heavy atom. The van der Waals surface area contributed by atoms with Crippen molar-refractivity contribution in [2.45, 2.75) is 128 Å². The zero-order valence-corrected chi connectivity index (χ0v) is 22.9. The first-order chi connectivity index (χ1) is 14.2. The molecule has 0 atom stereocenters. The summed E-state index contributed by atoms with van der Waals surface area (Å²) >= 11 is -2.41. The van der Waals surface area contributed by atoms with Crippen LogP contribution in [0.25, 0.3) is 0 Å². The van der Waals surface area contributed by atoms with Crippen molar-refractivity contribution in [3.05, 3.63) is 34.9 Å². The first kappa shape index (κ1) is 22.6. The monoisotopic (exact) mass is 520 g/mol. The van der Waals surface area contributed by atoms with Crippen LogP contribution in [-0.2, 0) is 5.75 Å². The van der Waals surface area contributed by atoms with Crippen molar-refractivity contribution in [3.8, 4) is 0 Å². The van der Waals surface area contributed by atoms with Crippen LogP contribution < -0.4 is 0 Å². The second kappa shape index (κ2) is 10.8. The minimum atomic E-state index is -2.41. The van der Waals surface area contributed by atoms with Gasteiger partial charge < -0.3 is 0 Å². The molecule has 0 spiro atoms. The third-order valence-corrected chi connectivity index (χ3v) is 37.8. The molecule has 3 fully saturated rings. The van der Waals surface area contributed by atoms with Gasteiger partial charge in [-0.1, -0.05) is 0 Å². The van der Waals surface area contributed by atoms with Crippen molar-refractivity contribution in [1.82, 2.24) is 0 Å². The zero-order valence-electron chi connectivity index (χ0n) is 19.2. The summed E-state index contributed by atoms with van der Waals surface area (Å²) in [4.78, 5) is 0. The van der Waals surface area contributed by atoms with Crippen molar-refractivity contribution in [3.63, 3.8) is 0 Å². The maximum atomic E-state index is 2.67. The van der Waals surface area contributed by atoms with Gasteiger partial charge >= 0.3 is 189 Å². The number of rotatable bonds is 6. The van der Waals surface area contributed by atoms with E-state index in [0.717, 1.165) is 0 Å². The van der Waals surface area contributed by atoms with Crippen molar-refractivity contribution < 1.29 is 0 Å². The van der Waals surface area contributed by atoms with E-state index in [-0.39, 0.29) is 0 Å². The van der Waals surface area contributed by atoms with Crippen LogP contribution in [0.1, 0.15) is 113 Å². The van der Waals surface area contributed by atoms with Crippen LogP contribution >= 0.6 is 8.95 Å². The van der Waals surface area contributed by atoms with E-state index >= 15 is 0 Å². The molecule has 1 aromatic carbocycles. The molecule has 2 heteroatoms. The topological polar surface area (TPSA) is 0 Å². The van der Waals surface area contributed by atoms with Gasteiger partial charge in [0.25, 0.3) is 0 Å². The minimum absolute atomic E-state index is 1.19. The van der Waals surface area contributed by atoms with E-state index < -0.39 is 17.0 Å². The molecule has 0 N–H and O–H groups in total. The third kappa shape index (κ3) is 5.24. The van der Waals surface area contributed by atoms with Crippen molar-refractivity contribution in [2.24, 2.45) is 0 Å². The fourth-order valence-electron chi connectivity index (χ4n) is 7.17. The molecule has 4 rings (SSSR count). The van der Waals surface area contributed by atoms with Crippen LogP contribution in [-0.4, -0.2) is 17.0 Å². The van der Waals surface area contributed by atoms with E-state index in [4.69, 9.17) is 0 Å². The molecule has 29 heavy (non-hydrogen) atoms. The molecule has 3 aliphatic rings. The Labute approximate surface area is 187 Å². The molecule has 0 radical (unpaired) electrons. The molecular weight excluding hydrogens is 475 g/mol. The molecule has 0 saturated heterocycles. The van der Waals surface area contributed by atoms with Gasteiger partial charge in [-0.05, 0) is 0 Å². The number of hydrogen-bond acceptors (Lipinski definition) is 1. The Kier molecular flexibility index (Phi) is 8.40. The zero-order chi connectivity index (χ0) is 20.1. The summed E-state index contributed by atoms with van der Waals surface area (Å²) < 4.78 is 3.58. The van der Waals surface area contributed by atoms with Crippen molar-refractivity contribution in [1.29, 1.82) is 0 Å². The summed E-state index contributed by atoms with van der Waals surface area (Å²) in [5.41, 5.74) is 4.66. The Bertz CT molecular complexity index is 590. The molecule has 0 heterocycles. The molecular formula is C27H44SSn. The molecule has 0 amide bonds. The first-order valence-electron chi connectivity index (χ1n) is 12.9. The standard InChI is InChI=1S/C9H12S.3C6H11.Sn/c1-7-3-4-8(2)9(5-7)6-10;3*1-2-4-6-5-3-1;/h3-5,10H,6H2,1-2H3;3*1H,2-6H2;/q;;;;+1/p-1. The summed E-state index contributed by atoms with van der Waals surface area (Å²) in [5.74, 6) is 1.34. The molecule has 0 nitrogen and oxygen atoms in total. The van der Waals surface area contributed by atoms with Gasteiger partial charge in [-0.25, -0.2) is 0 Å². The normalized spacial score (nSPS) is 23.4. The molecule has 0 unspecified atom stereocenters. The third-order valence-electron chi connectivity index (χ3n) is 8.71. The van der Waals surface area contributed by atoms with E-state index in [0.29, 0.717) is 0 Å². The van der Waals surface area contributed by atoms with Gasteiger partial charge in [-0.2, -0.15) is 0 Å². The second-order valence-corrected chi connectivity index (χ2v) is 30.2. The number of benzene rings is 1. The number of aryl methyl sites for hydroxylation is 2. The Morgan fingerprint density at radius 2 is 1.14 bits per heavy atom. The fourth-order valence-corrected chi connectivity index (χ4v) is 39.8. The Hall–Kier alpha value is 0.369. The Morgan fingerprint density at radius 3 is 1.59 bits per heavy atom. The molecule has 3 saturated carbocycles. The van der Waals surface area contributed by atoms with E-state index in [1.54, 1.807) is 88.2 Å². The van der Waals surface area contributed by atoms with Gasteiger partial charge in [0.2, 0.25) is 0 Å². The first-order valence-corrected chi connectivity index (χ1v) is 22.3. The van der Waals surface area contributed by atoms with Gasteiger partial charge in [-0.15, -0.1) is 0 Å². The van der Waals surface area contributed by atoms with Crippen molar-refractivity contribution in [2.75, 3.05) is 0 Å². The predicted molar refractivity (Wildman–Crippen MR) is 133 cm³/mol. The van der Waals surface area contributed by atoms with Crippen LogP contribution in [0.5, 0.6) is 0 Å². The maximum absolute atomic E-state index is 2.67. The molecule has 3 aliphatic carbocycles. The SMILES string of the molecule is Cc1ccc(C)c(C[S][Sn]([CH]2CCCCC2)([CH]2CCCCC2)[CH]2CCCCC2)c1. The molecule has 1 aromatic rings. The summed E-state index contributed by atoms with van der Waals surface area (Å²) in [7, 11) is 2.67. The van der Waals surface area contributed by atoms with Crippen LogP contribution in [0.2, 0.25) is 11.8 Å². The van der Waals surface area contributed by atoms with Gasteiger partial charge in [-0.3, -0.25) is 0 Å². The quantitative estimate of drug-likeness (QED) is 0.338. The molecule has 162 valence electrons. The van der Waals surface area contributed by atoms with E-state index in [1.165, 1.54) is 42.4 Å². The summed E-state index contributed by atoms with van der Waals surface area (Å²) in [5, 5.41) is 0. The number of hydrogen-bond donors (Lipinski definition) is 0. The van der Waals surface area contributed by atoms with E-state index in [1.807, 2.05) is 0 Å². The average molecular weight is 519 g/mol. The Balaban J connectivity index is 1.67. The van der Waals surface area contributed by atoms with Crippen LogP contribution in [0, 0.1) is 13.8 Å². The second-order valence-electron chi connectivity index (χ2n) is 10.6. The molecule has 0 bridgehead atoms. The van der Waals surface area contributed by atoms with Crippen LogP contribution in [0.15, 0.2) is 18.2 Å². The van der Waals surface area contributed by atoms with Gasteiger partial charge in [0.05, 0.1) is 0 Å². The van der Waals surface area contributed by atoms with Gasteiger partial charge in [0, 0.05) is 0 Å². The van der Waals surface area contributed by atoms with E-state index in [2.05, 4.69) is 41.0 Å². The van der Waals surface area contributed by atoms with Gasteiger partial charge in [0.15, 0.2) is 0 Å². The van der Waals surface area contributed by atoms with Crippen LogP contribution in [0.3, 0.4) is 0 Å². The molecule has 0 aliphatic heterocycles.